The van der Waals surface area contributed by atoms with Crippen LogP contribution in [0.15, 0.2) is 82.8 Å². The fraction of sp³-hybridized carbons (Fsp3) is 0.281. The van der Waals surface area contributed by atoms with Gasteiger partial charge in [-0.2, -0.15) is 5.10 Å². The van der Waals surface area contributed by atoms with E-state index in [4.69, 9.17) is 4.74 Å². The molecule has 6 rings (SSSR count). The van der Waals surface area contributed by atoms with Crippen molar-refractivity contribution in [1.82, 2.24) is 14.9 Å². The molecular formula is C32H33ClFN5O4. The van der Waals surface area contributed by atoms with Gasteiger partial charge in [-0.15, -0.1) is 12.4 Å². The molecule has 11 heteroatoms. The van der Waals surface area contributed by atoms with Crippen molar-refractivity contribution < 1.29 is 19.0 Å². The number of carbonyl (C=O) groups is 1. The Morgan fingerprint density at radius 3 is 2.49 bits per heavy atom. The van der Waals surface area contributed by atoms with Gasteiger partial charge >= 0.3 is 0 Å². The number of carbonyl (C=O) groups excluding carboxylic acids is 1. The minimum absolute atomic E-state index is 0. The molecule has 2 fully saturated rings. The molecule has 3 aromatic carbocycles. The fourth-order valence-corrected chi connectivity index (χ4v) is 5.28. The number of hydrogen-bond donors (Lipinski definition) is 2. The first-order valence-corrected chi connectivity index (χ1v) is 14.1. The van der Waals surface area contributed by atoms with Crippen LogP contribution < -0.4 is 20.5 Å². The molecule has 1 aliphatic carbocycles. The molecule has 224 valence electrons. The van der Waals surface area contributed by atoms with Crippen LogP contribution in [0.5, 0.6) is 11.5 Å². The number of nitrogens with zero attached hydrogens (tertiary/aromatic N) is 4. The van der Waals surface area contributed by atoms with Crippen molar-refractivity contribution in [1.29, 1.82) is 0 Å². The summed E-state index contributed by atoms with van der Waals surface area (Å²) in [5.74, 6) is 0.165. The van der Waals surface area contributed by atoms with E-state index in [1.165, 1.54) is 12.3 Å². The number of anilines is 1. The van der Waals surface area contributed by atoms with Crippen molar-refractivity contribution in [2.24, 2.45) is 5.10 Å². The molecule has 2 aliphatic rings. The highest BCUT2D eigenvalue weighted by Gasteiger charge is 2.28. The number of hydrogen-bond acceptors (Lipinski definition) is 7. The van der Waals surface area contributed by atoms with Crippen molar-refractivity contribution >= 4 is 41.1 Å². The van der Waals surface area contributed by atoms with Gasteiger partial charge in [-0.1, -0.05) is 30.3 Å². The van der Waals surface area contributed by atoms with Crippen LogP contribution in [0.2, 0.25) is 0 Å². The topological polar surface area (TPSA) is 99.4 Å². The Labute approximate surface area is 254 Å². The number of rotatable bonds is 9. The number of ether oxygens (including phenoxy) is 1. The lowest BCUT2D eigenvalue weighted by atomic mass is 10.1. The van der Waals surface area contributed by atoms with Crippen LogP contribution in [0.1, 0.15) is 34.8 Å². The van der Waals surface area contributed by atoms with Crippen molar-refractivity contribution in [2.75, 3.05) is 44.2 Å². The lowest BCUT2D eigenvalue weighted by molar-refractivity contribution is 0.0953. The van der Waals surface area contributed by atoms with Gasteiger partial charge in [-0.3, -0.25) is 14.5 Å². The summed E-state index contributed by atoms with van der Waals surface area (Å²) in [6.45, 7) is 3.37. The lowest BCUT2D eigenvalue weighted by Crippen LogP contribution is -2.47. The first kappa shape index (κ1) is 30.2. The number of benzene rings is 3. The minimum atomic E-state index is -0.659. The second-order valence-electron chi connectivity index (χ2n) is 10.6. The Morgan fingerprint density at radius 2 is 1.77 bits per heavy atom. The highest BCUT2D eigenvalue weighted by Crippen LogP contribution is 2.38. The molecule has 0 unspecified atom stereocenters. The lowest BCUT2D eigenvalue weighted by Gasteiger charge is -2.36. The number of aromatic nitrogens is 1. The van der Waals surface area contributed by atoms with E-state index >= 15 is 4.39 Å². The van der Waals surface area contributed by atoms with Crippen LogP contribution in [0.4, 0.5) is 10.1 Å². The number of nitrogens with one attached hydrogen (secondary N) is 1. The second kappa shape index (κ2) is 13.4. The number of aliphatic hydroxyl groups excluding tert-OH is 1. The number of β-amino-alcohol motifs (C(OH)–C–C–N with tert-alkyl or cyclic N) is 1. The SMILES string of the molecule is Cl.O=C(N/N=C\c1cccc(Oc2ccccc2)c1)c1cn(C2CC2)c2cc(N3CCN(CCO)CC3)c(F)cc2c1=O. The predicted molar refractivity (Wildman–Crippen MR) is 167 cm³/mol. The summed E-state index contributed by atoms with van der Waals surface area (Å²) >= 11 is 0. The fourth-order valence-electron chi connectivity index (χ4n) is 5.28. The summed E-state index contributed by atoms with van der Waals surface area (Å²) in [5.41, 5.74) is 3.59. The zero-order chi connectivity index (χ0) is 29.1. The maximum absolute atomic E-state index is 15.4. The molecule has 0 radical (unpaired) electrons. The van der Waals surface area contributed by atoms with Gasteiger partial charge in [0.1, 0.15) is 22.9 Å². The van der Waals surface area contributed by atoms with E-state index in [-0.39, 0.29) is 36.0 Å². The molecule has 43 heavy (non-hydrogen) atoms. The molecule has 2 N–H and O–H groups in total. The summed E-state index contributed by atoms with van der Waals surface area (Å²) in [6.07, 6.45) is 4.89. The average molecular weight is 606 g/mol. The summed E-state index contributed by atoms with van der Waals surface area (Å²) in [6, 6.07) is 19.8. The highest BCUT2D eigenvalue weighted by atomic mass is 35.5. The molecule has 1 saturated carbocycles. The molecule has 1 aliphatic heterocycles. The number of piperazine rings is 1. The number of halogens is 2. The third kappa shape index (κ3) is 6.88. The van der Waals surface area contributed by atoms with Gasteiger partial charge in [0.05, 0.1) is 24.0 Å². The van der Waals surface area contributed by atoms with Crippen LogP contribution in [-0.4, -0.2) is 66.0 Å². The Hall–Kier alpha value is -4.25. The molecule has 0 bridgehead atoms. The van der Waals surface area contributed by atoms with Gasteiger partial charge in [0.25, 0.3) is 5.91 Å². The molecule has 2 heterocycles. The second-order valence-corrected chi connectivity index (χ2v) is 10.6. The summed E-state index contributed by atoms with van der Waals surface area (Å²) < 4.78 is 23.2. The maximum atomic E-state index is 15.4. The van der Waals surface area contributed by atoms with Gasteiger partial charge in [-0.05, 0) is 54.8 Å². The predicted octanol–water partition coefficient (Wildman–Crippen LogP) is 4.57. The van der Waals surface area contributed by atoms with Crippen LogP contribution in [0.25, 0.3) is 10.9 Å². The Bertz CT molecular complexity index is 1680. The van der Waals surface area contributed by atoms with Crippen molar-refractivity contribution in [3.63, 3.8) is 0 Å². The molecule has 4 aromatic rings. The van der Waals surface area contributed by atoms with E-state index in [9.17, 15) is 14.7 Å². The Balaban J connectivity index is 0.00000368. The standard InChI is InChI=1S/C32H32FN5O4.ClH/c33-28-18-26-29(19-30(28)37-13-11-36(12-14-37)15-16-39)38(23-9-10-23)21-27(31(26)40)32(41)35-34-20-22-5-4-8-25(17-22)42-24-6-2-1-3-7-24;/h1-8,17-21,23,39H,9-16H2,(H,35,41);1H/b34-20-;. The van der Waals surface area contributed by atoms with E-state index in [0.717, 1.165) is 25.9 Å². The summed E-state index contributed by atoms with van der Waals surface area (Å²) in [4.78, 5) is 30.6. The van der Waals surface area contributed by atoms with E-state index < -0.39 is 17.2 Å². The number of aliphatic hydroxyl groups is 1. The van der Waals surface area contributed by atoms with E-state index in [1.807, 2.05) is 58.0 Å². The molecule has 1 aromatic heterocycles. The largest absolute Gasteiger partial charge is 0.457 e. The van der Waals surface area contributed by atoms with Gasteiger partial charge in [0.2, 0.25) is 5.43 Å². The van der Waals surface area contributed by atoms with Crippen molar-refractivity contribution in [3.05, 3.63) is 100 Å². The van der Waals surface area contributed by atoms with Crippen LogP contribution in [-0.2, 0) is 0 Å². The average Bonchev–Trinajstić information content (AvgIpc) is 3.84. The smallest absolute Gasteiger partial charge is 0.276 e. The number of para-hydroxylation sites is 1. The van der Waals surface area contributed by atoms with Gasteiger partial charge < -0.3 is 19.3 Å². The van der Waals surface area contributed by atoms with E-state index in [0.29, 0.717) is 47.9 Å². The van der Waals surface area contributed by atoms with Crippen molar-refractivity contribution in [2.45, 2.75) is 18.9 Å². The number of hydrazone groups is 1. The van der Waals surface area contributed by atoms with Crippen LogP contribution in [0, 0.1) is 5.82 Å². The van der Waals surface area contributed by atoms with Gasteiger partial charge in [0, 0.05) is 50.3 Å². The highest BCUT2D eigenvalue weighted by molar-refractivity contribution is 5.98. The number of pyridine rings is 1. The maximum Gasteiger partial charge on any atom is 0.276 e. The van der Waals surface area contributed by atoms with Crippen LogP contribution in [0.3, 0.4) is 0 Å². The quantitative estimate of drug-likeness (QED) is 0.214. The third-order valence-corrected chi connectivity index (χ3v) is 7.63. The van der Waals surface area contributed by atoms with Crippen LogP contribution >= 0.6 is 12.4 Å². The normalized spacial score (nSPS) is 15.4. The molecule has 9 nitrogen and oxygen atoms in total. The monoisotopic (exact) mass is 605 g/mol. The molecule has 0 spiro atoms. The first-order valence-electron chi connectivity index (χ1n) is 14.1. The summed E-state index contributed by atoms with van der Waals surface area (Å²) in [7, 11) is 0. The van der Waals surface area contributed by atoms with E-state index in [2.05, 4.69) is 15.4 Å². The Morgan fingerprint density at radius 1 is 1.02 bits per heavy atom. The third-order valence-electron chi connectivity index (χ3n) is 7.63. The molecular weight excluding hydrogens is 573 g/mol. The first-order chi connectivity index (χ1) is 20.5. The van der Waals surface area contributed by atoms with E-state index in [1.54, 1.807) is 18.3 Å². The molecule has 1 saturated heterocycles. The molecule has 1 amide bonds. The molecule has 0 atom stereocenters. The van der Waals surface area contributed by atoms with Gasteiger partial charge in [-0.25, -0.2) is 9.82 Å². The number of fused-ring (bicyclic) bond motifs is 1. The summed E-state index contributed by atoms with van der Waals surface area (Å²) in [5, 5.41) is 13.4. The number of amides is 1. The Kier molecular flexibility index (Phi) is 9.40. The zero-order valence-electron chi connectivity index (χ0n) is 23.5. The van der Waals surface area contributed by atoms with Gasteiger partial charge in [0.15, 0.2) is 0 Å². The minimum Gasteiger partial charge on any atom is -0.457 e. The zero-order valence-corrected chi connectivity index (χ0v) is 24.3. The van der Waals surface area contributed by atoms with Crippen molar-refractivity contribution in [3.8, 4) is 11.5 Å².